The Balaban J connectivity index is 1.85. The fraction of sp³-hybridized carbons (Fsp3) is 0.208. The lowest BCUT2D eigenvalue weighted by atomic mass is 10.1. The summed E-state index contributed by atoms with van der Waals surface area (Å²) in [7, 11) is -3.94. The second kappa shape index (κ2) is 11.2. The second-order valence-corrected chi connectivity index (χ2v) is 9.52. The topological polar surface area (TPSA) is 84.5 Å². The Hall–Kier alpha value is -2.81. The van der Waals surface area contributed by atoms with E-state index in [1.54, 1.807) is 18.2 Å². The van der Waals surface area contributed by atoms with Crippen LogP contribution in [0.3, 0.4) is 0 Å². The van der Waals surface area contributed by atoms with E-state index in [0.717, 1.165) is 10.5 Å². The Bertz CT molecular complexity index is 1130. The first-order valence-corrected chi connectivity index (χ1v) is 12.9. The van der Waals surface area contributed by atoms with Gasteiger partial charge in [-0.1, -0.05) is 42.5 Å². The molecular formula is C24H26N2O4S2. The molecule has 32 heavy (non-hydrogen) atoms. The van der Waals surface area contributed by atoms with Gasteiger partial charge in [-0.25, -0.2) is 8.42 Å². The molecule has 0 saturated heterocycles. The van der Waals surface area contributed by atoms with Crippen LogP contribution in [0.2, 0.25) is 0 Å². The first kappa shape index (κ1) is 23.8. The van der Waals surface area contributed by atoms with Gasteiger partial charge in [0, 0.05) is 4.90 Å². The minimum Gasteiger partial charge on any atom is -0.494 e. The highest BCUT2D eigenvalue weighted by molar-refractivity contribution is 7.98. The quantitative estimate of drug-likeness (QED) is 0.431. The van der Waals surface area contributed by atoms with Crippen molar-refractivity contribution in [3.63, 3.8) is 0 Å². The molecule has 1 amide bonds. The third kappa shape index (κ3) is 6.35. The first-order valence-electron chi connectivity index (χ1n) is 10.2. The lowest BCUT2D eigenvalue weighted by Crippen LogP contribution is -2.45. The summed E-state index contributed by atoms with van der Waals surface area (Å²) in [4.78, 5) is 14.1. The zero-order valence-electron chi connectivity index (χ0n) is 17.9. The normalized spacial score (nSPS) is 12.2. The summed E-state index contributed by atoms with van der Waals surface area (Å²) in [5.41, 5.74) is 1.49. The summed E-state index contributed by atoms with van der Waals surface area (Å²) in [5, 5.41) is 2.87. The van der Waals surface area contributed by atoms with E-state index >= 15 is 0 Å². The number of thioether (sulfide) groups is 1. The van der Waals surface area contributed by atoms with Gasteiger partial charge in [0.15, 0.2) is 0 Å². The van der Waals surface area contributed by atoms with Crippen LogP contribution in [-0.4, -0.2) is 33.2 Å². The fourth-order valence-corrected chi connectivity index (χ4v) is 4.89. The molecule has 8 heteroatoms. The Labute approximate surface area is 193 Å². The first-order chi connectivity index (χ1) is 15.4. The Morgan fingerprint density at radius 3 is 2.28 bits per heavy atom. The molecule has 0 aromatic heterocycles. The third-order valence-corrected chi connectivity index (χ3v) is 6.99. The maximum Gasteiger partial charge on any atom is 0.242 e. The summed E-state index contributed by atoms with van der Waals surface area (Å²) < 4.78 is 34.1. The van der Waals surface area contributed by atoms with Crippen molar-refractivity contribution in [2.24, 2.45) is 0 Å². The molecule has 0 heterocycles. The molecule has 0 saturated carbocycles. The van der Waals surface area contributed by atoms with Crippen LogP contribution in [0.1, 0.15) is 12.5 Å². The maximum atomic E-state index is 13.2. The number of ether oxygens (including phenoxy) is 1. The number of benzene rings is 3. The minimum atomic E-state index is -3.94. The summed E-state index contributed by atoms with van der Waals surface area (Å²) in [6.45, 7) is 2.34. The van der Waals surface area contributed by atoms with Crippen LogP contribution >= 0.6 is 11.8 Å². The maximum absolute atomic E-state index is 13.2. The molecule has 0 fully saturated rings. The van der Waals surface area contributed by atoms with E-state index in [9.17, 15) is 13.2 Å². The van der Waals surface area contributed by atoms with Crippen LogP contribution < -0.4 is 14.8 Å². The number of para-hydroxylation sites is 1. The second-order valence-electron chi connectivity index (χ2n) is 6.96. The van der Waals surface area contributed by atoms with Crippen LogP contribution in [0.15, 0.2) is 88.7 Å². The molecule has 2 N–H and O–H groups in total. The van der Waals surface area contributed by atoms with Crippen molar-refractivity contribution in [2.75, 3.05) is 18.2 Å². The molecule has 0 aliphatic carbocycles. The van der Waals surface area contributed by atoms with Crippen molar-refractivity contribution >= 4 is 33.4 Å². The van der Waals surface area contributed by atoms with Gasteiger partial charge >= 0.3 is 0 Å². The Kier molecular flexibility index (Phi) is 8.33. The molecule has 3 aromatic rings. The SMILES string of the molecule is CCOc1ccc(S(=O)(=O)N[C@@H](Cc2ccccc2)C(=O)Nc2ccccc2SC)cc1. The third-order valence-electron chi connectivity index (χ3n) is 4.71. The van der Waals surface area contributed by atoms with Gasteiger partial charge in [0.2, 0.25) is 15.9 Å². The highest BCUT2D eigenvalue weighted by atomic mass is 32.2. The van der Waals surface area contributed by atoms with E-state index < -0.39 is 22.0 Å². The number of carbonyl (C=O) groups excluding carboxylic acids is 1. The average molecular weight is 471 g/mol. The van der Waals surface area contributed by atoms with Gasteiger partial charge in [-0.05, 0) is 61.6 Å². The zero-order valence-corrected chi connectivity index (χ0v) is 19.6. The predicted octanol–water partition coefficient (Wildman–Crippen LogP) is 4.34. The Morgan fingerprint density at radius 2 is 1.62 bits per heavy atom. The van der Waals surface area contributed by atoms with Gasteiger partial charge in [0.1, 0.15) is 11.8 Å². The smallest absolute Gasteiger partial charge is 0.242 e. The van der Waals surface area contributed by atoms with Crippen LogP contribution in [0.4, 0.5) is 5.69 Å². The molecule has 1 atom stereocenters. The predicted molar refractivity (Wildman–Crippen MR) is 129 cm³/mol. The van der Waals surface area contributed by atoms with Crippen molar-refractivity contribution in [3.8, 4) is 5.75 Å². The molecule has 0 spiro atoms. The molecule has 3 rings (SSSR count). The number of rotatable bonds is 10. The van der Waals surface area contributed by atoms with Crippen LogP contribution in [-0.2, 0) is 21.2 Å². The largest absolute Gasteiger partial charge is 0.494 e. The van der Waals surface area contributed by atoms with Crippen LogP contribution in [0.5, 0.6) is 5.75 Å². The Morgan fingerprint density at radius 1 is 0.969 bits per heavy atom. The van der Waals surface area contributed by atoms with E-state index in [2.05, 4.69) is 10.0 Å². The molecule has 3 aromatic carbocycles. The molecule has 0 aliphatic heterocycles. The molecule has 0 unspecified atom stereocenters. The van der Waals surface area contributed by atoms with Crippen LogP contribution in [0, 0.1) is 0 Å². The number of nitrogens with one attached hydrogen (secondary N) is 2. The number of sulfonamides is 1. The number of amides is 1. The van der Waals surface area contributed by atoms with Gasteiger partial charge < -0.3 is 10.1 Å². The number of anilines is 1. The van der Waals surface area contributed by atoms with E-state index in [0.29, 0.717) is 18.0 Å². The summed E-state index contributed by atoms with van der Waals surface area (Å²) >= 11 is 1.50. The van der Waals surface area contributed by atoms with Crippen molar-refractivity contribution in [1.82, 2.24) is 4.72 Å². The summed E-state index contributed by atoms with van der Waals surface area (Å²) in [6.07, 6.45) is 2.13. The molecule has 168 valence electrons. The van der Waals surface area contributed by atoms with Crippen molar-refractivity contribution in [3.05, 3.63) is 84.4 Å². The van der Waals surface area contributed by atoms with Gasteiger partial charge in [-0.2, -0.15) is 4.72 Å². The minimum absolute atomic E-state index is 0.0660. The van der Waals surface area contributed by atoms with Crippen molar-refractivity contribution < 1.29 is 17.9 Å². The number of hydrogen-bond donors (Lipinski definition) is 2. The summed E-state index contributed by atoms with van der Waals surface area (Å²) in [6, 6.07) is 21.8. The fourth-order valence-electron chi connectivity index (χ4n) is 3.14. The van der Waals surface area contributed by atoms with Crippen molar-refractivity contribution in [2.45, 2.75) is 29.2 Å². The lowest BCUT2D eigenvalue weighted by Gasteiger charge is -2.20. The summed E-state index contributed by atoms with van der Waals surface area (Å²) in [5.74, 6) is 0.156. The van der Waals surface area contributed by atoms with Gasteiger partial charge in [0.05, 0.1) is 17.2 Å². The highest BCUT2D eigenvalue weighted by Gasteiger charge is 2.26. The van der Waals surface area contributed by atoms with Crippen molar-refractivity contribution in [1.29, 1.82) is 0 Å². The monoisotopic (exact) mass is 470 g/mol. The van der Waals surface area contributed by atoms with Gasteiger partial charge in [0.25, 0.3) is 0 Å². The zero-order chi connectivity index (χ0) is 23.0. The molecule has 6 nitrogen and oxygen atoms in total. The van der Waals surface area contributed by atoms with Gasteiger partial charge in [-0.15, -0.1) is 11.8 Å². The lowest BCUT2D eigenvalue weighted by molar-refractivity contribution is -0.117. The van der Waals surface area contributed by atoms with Crippen LogP contribution in [0.25, 0.3) is 0 Å². The van der Waals surface area contributed by atoms with E-state index in [1.165, 1.54) is 23.9 Å². The van der Waals surface area contributed by atoms with E-state index in [4.69, 9.17) is 4.74 Å². The highest BCUT2D eigenvalue weighted by Crippen LogP contribution is 2.25. The number of carbonyl (C=O) groups is 1. The number of hydrogen-bond acceptors (Lipinski definition) is 5. The molecular weight excluding hydrogens is 444 g/mol. The van der Waals surface area contributed by atoms with E-state index in [1.807, 2.05) is 61.7 Å². The average Bonchev–Trinajstić information content (AvgIpc) is 2.80. The standard InChI is InChI=1S/C24H26N2O4S2/c1-3-30-19-13-15-20(16-14-19)32(28,29)26-22(17-18-9-5-4-6-10-18)24(27)25-21-11-7-8-12-23(21)31-2/h4-16,22,26H,3,17H2,1-2H3,(H,25,27)/t22-/m0/s1. The molecule has 0 radical (unpaired) electrons. The van der Waals surface area contributed by atoms with E-state index in [-0.39, 0.29) is 11.3 Å². The molecule has 0 aliphatic rings. The van der Waals surface area contributed by atoms with Gasteiger partial charge in [-0.3, -0.25) is 4.79 Å². The molecule has 0 bridgehead atoms.